The largest absolute Gasteiger partial charge is 0.269 e. The topological polar surface area (TPSA) is 37.4 Å². The van der Waals surface area contributed by atoms with E-state index in [1.54, 1.807) is 25.2 Å². The molecule has 1 aliphatic heterocycles. The number of benzene rings is 2. The van der Waals surface area contributed by atoms with Crippen LogP contribution in [0.4, 0.5) is 5.69 Å². The molecule has 3 nitrogen and oxygen atoms in total. The van der Waals surface area contributed by atoms with Crippen LogP contribution in [0.15, 0.2) is 47.4 Å². The summed E-state index contributed by atoms with van der Waals surface area (Å²) in [6, 6.07) is 12.7. The summed E-state index contributed by atoms with van der Waals surface area (Å²) in [5.41, 5.74) is 2.06. The second kappa shape index (κ2) is 4.89. The van der Waals surface area contributed by atoms with Crippen molar-refractivity contribution in [2.24, 2.45) is 0 Å². The van der Waals surface area contributed by atoms with Gasteiger partial charge in [-0.1, -0.05) is 24.3 Å². The van der Waals surface area contributed by atoms with E-state index in [0.717, 1.165) is 9.13 Å². The van der Waals surface area contributed by atoms with Crippen molar-refractivity contribution in [1.29, 1.82) is 0 Å². The number of sulfonamides is 1. The Labute approximate surface area is 136 Å². The van der Waals surface area contributed by atoms with Gasteiger partial charge in [-0.25, -0.2) is 8.42 Å². The molecule has 0 aromatic heterocycles. The molecule has 6 heteroatoms. The summed E-state index contributed by atoms with van der Waals surface area (Å²) in [7, 11) is -2.02. The maximum Gasteiger partial charge on any atom is 0.264 e. The van der Waals surface area contributed by atoms with E-state index >= 15 is 0 Å². The van der Waals surface area contributed by atoms with Crippen LogP contribution in [-0.2, 0) is 10.0 Å². The number of halogens is 2. The van der Waals surface area contributed by atoms with Gasteiger partial charge in [-0.3, -0.25) is 4.31 Å². The predicted molar refractivity (Wildman–Crippen MR) is 88.9 cm³/mol. The fraction of sp³-hybridized carbons (Fsp3) is 0.143. The summed E-state index contributed by atoms with van der Waals surface area (Å²) in [5.74, 6) is 0. The maximum atomic E-state index is 12.7. The average molecular weight is 420 g/mol. The summed E-state index contributed by atoms with van der Waals surface area (Å²) >= 11 is 8.64. The van der Waals surface area contributed by atoms with E-state index in [2.05, 4.69) is 22.6 Å². The molecule has 1 unspecified atom stereocenters. The molecular formula is C14H11ClINO2S. The van der Waals surface area contributed by atoms with Gasteiger partial charge in [-0.05, 0) is 51.9 Å². The van der Waals surface area contributed by atoms with Crippen LogP contribution in [0, 0.1) is 3.57 Å². The average Bonchev–Trinajstić information content (AvgIpc) is 2.50. The van der Waals surface area contributed by atoms with Gasteiger partial charge in [0, 0.05) is 10.6 Å². The number of para-hydroxylation sites is 1. The lowest BCUT2D eigenvalue weighted by Crippen LogP contribution is -2.26. The third-order valence-electron chi connectivity index (χ3n) is 3.44. The van der Waals surface area contributed by atoms with E-state index in [9.17, 15) is 8.42 Å². The Morgan fingerprint density at radius 2 is 1.85 bits per heavy atom. The molecule has 0 saturated carbocycles. The van der Waals surface area contributed by atoms with Crippen LogP contribution in [0.5, 0.6) is 0 Å². The minimum Gasteiger partial charge on any atom is -0.269 e. The van der Waals surface area contributed by atoms with Crippen LogP contribution >= 0.6 is 34.2 Å². The highest BCUT2D eigenvalue weighted by Crippen LogP contribution is 2.43. The molecule has 2 aromatic carbocycles. The Bertz CT molecular complexity index is 792. The van der Waals surface area contributed by atoms with Gasteiger partial charge < -0.3 is 0 Å². The Hall–Kier alpha value is -0.790. The quantitative estimate of drug-likeness (QED) is 0.482. The minimum atomic E-state index is -3.58. The number of rotatable bonds is 0. The first-order chi connectivity index (χ1) is 9.43. The summed E-state index contributed by atoms with van der Waals surface area (Å²) in [6.45, 7) is 0. The maximum absolute atomic E-state index is 12.7. The molecule has 0 fully saturated rings. The fourth-order valence-electron chi connectivity index (χ4n) is 2.37. The lowest BCUT2D eigenvalue weighted by Gasteiger charge is -2.19. The second-order valence-corrected chi connectivity index (χ2v) is 8.20. The third kappa shape index (κ3) is 2.03. The van der Waals surface area contributed by atoms with E-state index in [1.807, 2.05) is 24.3 Å². The number of hydrogen-bond acceptors (Lipinski definition) is 2. The van der Waals surface area contributed by atoms with E-state index in [-0.39, 0.29) is 4.90 Å². The zero-order chi connectivity index (χ0) is 14.5. The molecule has 0 N–H and O–H groups in total. The number of anilines is 1. The SMILES string of the molecule is CN1c2ccccc2C(Cl)c2ccc(I)cc2S1(=O)=O. The molecule has 2 aromatic rings. The molecule has 1 atom stereocenters. The summed E-state index contributed by atoms with van der Waals surface area (Å²) in [6.07, 6.45) is 0. The molecule has 1 aliphatic rings. The second-order valence-electron chi connectivity index (χ2n) is 4.58. The van der Waals surface area contributed by atoms with Crippen molar-refractivity contribution >= 4 is 49.9 Å². The van der Waals surface area contributed by atoms with Gasteiger partial charge >= 0.3 is 0 Å². The first kappa shape index (κ1) is 14.2. The van der Waals surface area contributed by atoms with Gasteiger partial charge in [0.1, 0.15) is 0 Å². The van der Waals surface area contributed by atoms with Crippen LogP contribution in [0.3, 0.4) is 0 Å². The minimum absolute atomic E-state index is 0.281. The van der Waals surface area contributed by atoms with Crippen molar-refractivity contribution in [3.8, 4) is 0 Å². The van der Waals surface area contributed by atoms with Crippen molar-refractivity contribution in [2.45, 2.75) is 10.3 Å². The zero-order valence-corrected chi connectivity index (χ0v) is 14.3. The van der Waals surface area contributed by atoms with Crippen molar-refractivity contribution in [1.82, 2.24) is 0 Å². The first-order valence-corrected chi connectivity index (χ1v) is 8.90. The fourth-order valence-corrected chi connectivity index (χ4v) is 5.00. The first-order valence-electron chi connectivity index (χ1n) is 5.94. The van der Waals surface area contributed by atoms with Crippen molar-refractivity contribution < 1.29 is 8.42 Å². The highest BCUT2D eigenvalue weighted by Gasteiger charge is 2.33. The summed E-state index contributed by atoms with van der Waals surface area (Å²) in [5, 5.41) is -0.474. The van der Waals surface area contributed by atoms with Crippen molar-refractivity contribution in [2.75, 3.05) is 11.4 Å². The molecule has 20 heavy (non-hydrogen) atoms. The molecule has 0 aliphatic carbocycles. The van der Waals surface area contributed by atoms with Gasteiger partial charge in [0.2, 0.25) is 0 Å². The Balaban J connectivity index is 2.41. The van der Waals surface area contributed by atoms with Gasteiger partial charge in [0.15, 0.2) is 0 Å². The van der Waals surface area contributed by atoms with Crippen molar-refractivity contribution in [3.05, 3.63) is 57.2 Å². The van der Waals surface area contributed by atoms with Crippen LogP contribution < -0.4 is 4.31 Å². The van der Waals surface area contributed by atoms with Crippen molar-refractivity contribution in [3.63, 3.8) is 0 Å². The molecule has 0 spiro atoms. The van der Waals surface area contributed by atoms with Crippen LogP contribution in [0.25, 0.3) is 0 Å². The van der Waals surface area contributed by atoms with E-state index < -0.39 is 15.4 Å². The Kier molecular flexibility index (Phi) is 3.46. The lowest BCUT2D eigenvalue weighted by molar-refractivity contribution is 0.594. The molecule has 0 amide bonds. The number of fused-ring (bicyclic) bond motifs is 2. The molecular weight excluding hydrogens is 409 g/mol. The zero-order valence-electron chi connectivity index (χ0n) is 10.5. The highest BCUT2D eigenvalue weighted by atomic mass is 127. The molecule has 0 radical (unpaired) electrons. The third-order valence-corrected chi connectivity index (χ3v) is 6.40. The smallest absolute Gasteiger partial charge is 0.264 e. The van der Waals surface area contributed by atoms with Gasteiger partial charge in [0.05, 0.1) is 16.0 Å². The summed E-state index contributed by atoms with van der Waals surface area (Å²) in [4.78, 5) is 0.281. The summed E-state index contributed by atoms with van der Waals surface area (Å²) < 4.78 is 27.7. The van der Waals surface area contributed by atoms with E-state index in [0.29, 0.717) is 11.3 Å². The molecule has 3 rings (SSSR count). The molecule has 0 saturated heterocycles. The molecule has 104 valence electrons. The van der Waals surface area contributed by atoms with E-state index in [4.69, 9.17) is 11.6 Å². The van der Waals surface area contributed by atoms with Gasteiger partial charge in [-0.2, -0.15) is 0 Å². The normalized spacial score (nSPS) is 19.9. The number of nitrogens with zero attached hydrogens (tertiary/aromatic N) is 1. The molecule has 0 bridgehead atoms. The van der Waals surface area contributed by atoms with Crippen LogP contribution in [0.2, 0.25) is 0 Å². The standard InChI is InChI=1S/C14H11ClINO2S/c1-17-12-5-3-2-4-10(12)14(15)11-7-6-9(16)8-13(11)20(17,18)19/h2-8,14H,1H3. The predicted octanol–water partition coefficient (Wildman–Crippen LogP) is 3.76. The number of hydrogen-bond donors (Lipinski definition) is 0. The van der Waals surface area contributed by atoms with Crippen LogP contribution in [0.1, 0.15) is 16.5 Å². The monoisotopic (exact) mass is 419 g/mol. The number of alkyl halides is 1. The highest BCUT2D eigenvalue weighted by molar-refractivity contribution is 14.1. The Morgan fingerprint density at radius 3 is 2.60 bits per heavy atom. The van der Waals surface area contributed by atoms with Crippen LogP contribution in [-0.4, -0.2) is 15.5 Å². The van der Waals surface area contributed by atoms with Gasteiger partial charge in [-0.15, -0.1) is 11.6 Å². The van der Waals surface area contributed by atoms with Gasteiger partial charge in [0.25, 0.3) is 10.0 Å². The lowest BCUT2D eigenvalue weighted by atomic mass is 10.0. The molecule has 1 heterocycles. The Morgan fingerprint density at radius 1 is 1.15 bits per heavy atom. The van der Waals surface area contributed by atoms with E-state index in [1.165, 1.54) is 4.31 Å².